The molecule has 3 rings (SSSR count). The highest BCUT2D eigenvalue weighted by Gasteiger charge is 2.14. The quantitative estimate of drug-likeness (QED) is 0.441. The normalized spacial score (nSPS) is 10.3. The first-order valence-corrected chi connectivity index (χ1v) is 6.89. The van der Waals surface area contributed by atoms with Crippen LogP contribution in [0.2, 0.25) is 0 Å². The van der Waals surface area contributed by atoms with Crippen LogP contribution in [-0.4, -0.2) is 17.6 Å². The molecule has 0 amide bonds. The molecular weight excluding hydrogens is 292 g/mol. The maximum absolute atomic E-state index is 11.7. The number of para-hydroxylation sites is 1. The van der Waals surface area contributed by atoms with Crippen LogP contribution in [0.5, 0.6) is 0 Å². The van der Waals surface area contributed by atoms with Gasteiger partial charge >= 0.3 is 5.97 Å². The van der Waals surface area contributed by atoms with Gasteiger partial charge in [-0.05, 0) is 24.3 Å². The van der Waals surface area contributed by atoms with Gasteiger partial charge in [0.25, 0.3) is 0 Å². The number of nitriles is 1. The molecule has 3 aromatic rings. The number of hydrogen-bond acceptors (Lipinski definition) is 5. The van der Waals surface area contributed by atoms with E-state index in [0.29, 0.717) is 16.8 Å². The number of anilines is 1. The van der Waals surface area contributed by atoms with Gasteiger partial charge in [-0.2, -0.15) is 5.26 Å². The van der Waals surface area contributed by atoms with E-state index in [4.69, 9.17) is 10.6 Å². The van der Waals surface area contributed by atoms with Crippen LogP contribution in [0.1, 0.15) is 15.9 Å². The van der Waals surface area contributed by atoms with E-state index < -0.39 is 5.97 Å². The summed E-state index contributed by atoms with van der Waals surface area (Å²) in [6.45, 7) is 0. The highest BCUT2D eigenvalue weighted by molar-refractivity contribution is 5.96. The van der Waals surface area contributed by atoms with E-state index in [0.717, 1.165) is 16.6 Å². The van der Waals surface area contributed by atoms with Gasteiger partial charge in [0.15, 0.2) is 0 Å². The van der Waals surface area contributed by atoms with E-state index in [9.17, 15) is 10.1 Å². The topological polar surface area (TPSA) is 93.1 Å². The summed E-state index contributed by atoms with van der Waals surface area (Å²) in [5.74, 6) is 5.04. The summed E-state index contributed by atoms with van der Waals surface area (Å²) in [4.78, 5) is 11.7. The van der Waals surface area contributed by atoms with Gasteiger partial charge in [-0.15, -0.1) is 0 Å². The third-order valence-electron chi connectivity index (χ3n) is 3.67. The highest BCUT2D eigenvalue weighted by Crippen LogP contribution is 2.27. The fourth-order valence-corrected chi connectivity index (χ4v) is 2.57. The summed E-state index contributed by atoms with van der Waals surface area (Å²) >= 11 is 0. The molecule has 0 unspecified atom stereocenters. The number of nitrogen functional groups attached to an aromatic ring is 1. The monoisotopic (exact) mass is 306 g/mol. The van der Waals surface area contributed by atoms with E-state index in [1.807, 2.05) is 28.8 Å². The molecule has 2 aromatic carbocycles. The van der Waals surface area contributed by atoms with Crippen molar-refractivity contribution in [1.29, 1.82) is 5.26 Å². The van der Waals surface area contributed by atoms with Gasteiger partial charge in [0.2, 0.25) is 0 Å². The molecule has 0 saturated carbocycles. The lowest BCUT2D eigenvalue weighted by Crippen LogP contribution is -2.13. The van der Waals surface area contributed by atoms with E-state index in [1.54, 1.807) is 24.4 Å². The second-order valence-corrected chi connectivity index (χ2v) is 4.91. The molecule has 0 spiro atoms. The zero-order valence-electron chi connectivity index (χ0n) is 12.4. The smallest absolute Gasteiger partial charge is 0.340 e. The van der Waals surface area contributed by atoms with E-state index >= 15 is 0 Å². The van der Waals surface area contributed by atoms with Crippen LogP contribution in [0.3, 0.4) is 0 Å². The fraction of sp³-hybridized carbons (Fsp3) is 0.0588. The number of fused-ring (bicyclic) bond motifs is 1. The number of hydrazine groups is 1. The third kappa shape index (κ3) is 2.39. The molecule has 0 atom stereocenters. The molecule has 0 saturated heterocycles. The molecule has 0 bridgehead atoms. The van der Waals surface area contributed by atoms with Crippen LogP contribution >= 0.6 is 0 Å². The van der Waals surface area contributed by atoms with E-state index in [2.05, 4.69) is 11.5 Å². The zero-order chi connectivity index (χ0) is 16.4. The highest BCUT2D eigenvalue weighted by atomic mass is 16.5. The Morgan fingerprint density at radius 1 is 1.30 bits per heavy atom. The Labute approximate surface area is 132 Å². The molecule has 6 nitrogen and oxygen atoms in total. The van der Waals surface area contributed by atoms with Gasteiger partial charge in [-0.1, -0.05) is 18.2 Å². The molecule has 0 aliphatic carbocycles. The third-order valence-corrected chi connectivity index (χ3v) is 3.67. The van der Waals surface area contributed by atoms with E-state index in [1.165, 1.54) is 7.11 Å². The number of nitrogens with two attached hydrogens (primary N) is 1. The lowest BCUT2D eigenvalue weighted by atomic mass is 10.1. The molecule has 0 aliphatic heterocycles. The predicted octanol–water partition coefficient (Wildman–Crippen LogP) is 2.57. The summed E-state index contributed by atoms with van der Waals surface area (Å²) in [6, 6.07) is 15.0. The van der Waals surface area contributed by atoms with Crippen LogP contribution in [0.15, 0.2) is 48.7 Å². The Morgan fingerprint density at radius 2 is 2.09 bits per heavy atom. The molecule has 3 N–H and O–H groups in total. The number of aromatic nitrogens is 1. The number of nitrogens with zero attached hydrogens (tertiary/aromatic N) is 2. The maximum Gasteiger partial charge on any atom is 0.340 e. The zero-order valence-corrected chi connectivity index (χ0v) is 12.4. The van der Waals surface area contributed by atoms with Crippen LogP contribution < -0.4 is 11.3 Å². The Balaban J connectivity index is 2.20. The van der Waals surface area contributed by atoms with Crippen molar-refractivity contribution in [1.82, 2.24) is 4.57 Å². The van der Waals surface area contributed by atoms with E-state index in [-0.39, 0.29) is 0 Å². The first-order valence-electron chi connectivity index (χ1n) is 6.89. The number of esters is 1. The lowest BCUT2D eigenvalue weighted by molar-refractivity contribution is 0.0602. The minimum Gasteiger partial charge on any atom is -0.465 e. The predicted molar refractivity (Wildman–Crippen MR) is 87.1 cm³/mol. The summed E-state index contributed by atoms with van der Waals surface area (Å²) in [7, 11) is 1.31. The molecule has 23 heavy (non-hydrogen) atoms. The first kappa shape index (κ1) is 14.6. The fourth-order valence-electron chi connectivity index (χ4n) is 2.57. The molecular formula is C17H14N4O2. The summed E-state index contributed by atoms with van der Waals surface area (Å²) < 4.78 is 6.62. The largest absolute Gasteiger partial charge is 0.465 e. The second-order valence-electron chi connectivity index (χ2n) is 4.91. The standard InChI is InChI=1S/C17H14N4O2/c1-23-17(22)14-7-6-12(8-15(14)20-19)21-10-11(9-18)13-4-2-3-5-16(13)21/h2-8,10,20H,19H2,1H3. The molecule has 114 valence electrons. The molecule has 1 heterocycles. The van der Waals surface area contributed by atoms with Gasteiger partial charge in [-0.3, -0.25) is 5.84 Å². The van der Waals surface area contributed by atoms with Crippen molar-refractivity contribution in [2.24, 2.45) is 5.84 Å². The second kappa shape index (κ2) is 5.83. The number of benzene rings is 2. The maximum atomic E-state index is 11.7. The molecule has 0 fully saturated rings. The number of hydrogen-bond donors (Lipinski definition) is 2. The lowest BCUT2D eigenvalue weighted by Gasteiger charge is -2.11. The summed E-state index contributed by atoms with van der Waals surface area (Å²) in [5, 5.41) is 10.2. The number of carbonyl (C=O) groups excluding carboxylic acids is 1. The van der Waals surface area contributed by atoms with Crippen LogP contribution in [0.4, 0.5) is 5.69 Å². The minimum atomic E-state index is -0.473. The van der Waals surface area contributed by atoms with Gasteiger partial charge in [0, 0.05) is 17.3 Å². The molecule has 0 radical (unpaired) electrons. The number of methoxy groups -OCH3 is 1. The number of ether oxygens (including phenoxy) is 1. The first-order chi connectivity index (χ1) is 11.2. The number of rotatable bonds is 3. The van der Waals surface area contributed by atoms with Crippen molar-refractivity contribution < 1.29 is 9.53 Å². The van der Waals surface area contributed by atoms with Gasteiger partial charge in [0.05, 0.1) is 29.4 Å². The van der Waals surface area contributed by atoms with Crippen molar-refractivity contribution in [2.75, 3.05) is 12.5 Å². The van der Waals surface area contributed by atoms with Crippen LogP contribution in [0.25, 0.3) is 16.6 Å². The SMILES string of the molecule is COC(=O)c1ccc(-n2cc(C#N)c3ccccc32)cc1NN. The van der Waals surface area contributed by atoms with Gasteiger partial charge in [-0.25, -0.2) is 4.79 Å². The summed E-state index contributed by atoms with van der Waals surface area (Å²) in [6.07, 6.45) is 1.76. The van der Waals surface area contributed by atoms with Crippen molar-refractivity contribution in [2.45, 2.75) is 0 Å². The average molecular weight is 306 g/mol. The Hall–Kier alpha value is -3.30. The van der Waals surface area contributed by atoms with Crippen molar-refractivity contribution in [3.8, 4) is 11.8 Å². The van der Waals surface area contributed by atoms with Crippen molar-refractivity contribution >= 4 is 22.6 Å². The molecule has 6 heteroatoms. The molecule has 0 aliphatic rings. The average Bonchev–Trinajstić information content (AvgIpc) is 2.99. The van der Waals surface area contributed by atoms with Gasteiger partial charge < -0.3 is 14.7 Å². The minimum absolute atomic E-state index is 0.343. The number of carbonyl (C=O) groups is 1. The Kier molecular flexibility index (Phi) is 3.71. The van der Waals surface area contributed by atoms with Crippen molar-refractivity contribution in [3.63, 3.8) is 0 Å². The van der Waals surface area contributed by atoms with Gasteiger partial charge in [0.1, 0.15) is 6.07 Å². The number of nitrogens with one attached hydrogen (secondary N) is 1. The molecule has 1 aromatic heterocycles. The van der Waals surface area contributed by atoms with Crippen LogP contribution in [-0.2, 0) is 4.74 Å². The summed E-state index contributed by atoms with van der Waals surface area (Å²) in [5.41, 5.74) is 5.57. The van der Waals surface area contributed by atoms with Crippen molar-refractivity contribution in [3.05, 3.63) is 59.8 Å². The Morgan fingerprint density at radius 3 is 2.78 bits per heavy atom. The Bertz CT molecular complexity index is 937. The van der Waals surface area contributed by atoms with Crippen LogP contribution in [0, 0.1) is 11.3 Å².